The monoisotopic (exact) mass is 374 g/mol. The standard InChI is InChI=1S/C17H23AsN4O/c1-11(2)10-22-15-12-6-4-5-7-13(12)20-16(19)14(15)21-17(22)18(3)8-9-23/h4-7,11,23H,8-10H2,1-3H3,(H2,19,20). The number of rotatable bonds is 5. The van der Waals surface area contributed by atoms with Gasteiger partial charge in [0.1, 0.15) is 0 Å². The molecule has 0 saturated heterocycles. The van der Waals surface area contributed by atoms with Gasteiger partial charge in [0.25, 0.3) is 0 Å². The van der Waals surface area contributed by atoms with Crippen molar-refractivity contribution in [3.63, 3.8) is 0 Å². The summed E-state index contributed by atoms with van der Waals surface area (Å²) >= 11 is -1.39. The Morgan fingerprint density at radius 3 is 2.70 bits per heavy atom. The molecule has 0 aliphatic heterocycles. The molecule has 2 aromatic heterocycles. The van der Waals surface area contributed by atoms with Crippen molar-refractivity contribution in [1.82, 2.24) is 14.5 Å². The molecule has 0 saturated carbocycles. The van der Waals surface area contributed by atoms with Crippen LogP contribution in [0.4, 0.5) is 5.82 Å². The maximum absolute atomic E-state index is 9.33. The third kappa shape index (κ3) is 2.95. The first-order valence-corrected chi connectivity index (χ1v) is 12.0. The number of fused-ring (bicyclic) bond motifs is 3. The Hall–Kier alpha value is -1.58. The normalized spacial score (nSPS) is 13.3. The molecule has 0 fully saturated rings. The summed E-state index contributed by atoms with van der Waals surface area (Å²) < 4.78 is 3.45. The Labute approximate surface area is 140 Å². The second-order valence-corrected chi connectivity index (χ2v) is 11.0. The fourth-order valence-electron chi connectivity index (χ4n) is 2.93. The molecule has 3 N–H and O–H groups in total. The van der Waals surface area contributed by atoms with E-state index in [0.717, 1.165) is 38.3 Å². The molecular formula is C17H23AsN4O. The van der Waals surface area contributed by atoms with E-state index in [9.17, 15) is 5.11 Å². The number of hydrogen-bond acceptors (Lipinski definition) is 4. The van der Waals surface area contributed by atoms with Crippen LogP contribution in [0.3, 0.4) is 0 Å². The molecule has 6 heteroatoms. The molecule has 0 spiro atoms. The summed E-state index contributed by atoms with van der Waals surface area (Å²) in [6.07, 6.45) is 0. The third-order valence-corrected chi connectivity index (χ3v) is 7.89. The molecule has 2 heterocycles. The Balaban J connectivity index is 2.36. The number of anilines is 1. The van der Waals surface area contributed by atoms with Crippen LogP contribution < -0.4 is 10.3 Å². The fraction of sp³-hybridized carbons (Fsp3) is 0.412. The van der Waals surface area contributed by atoms with E-state index in [4.69, 9.17) is 10.7 Å². The van der Waals surface area contributed by atoms with Gasteiger partial charge in [0.2, 0.25) is 0 Å². The number of nitrogen functional groups attached to an aromatic ring is 1. The average molecular weight is 374 g/mol. The van der Waals surface area contributed by atoms with Crippen LogP contribution in [0.1, 0.15) is 13.8 Å². The van der Waals surface area contributed by atoms with Crippen molar-refractivity contribution in [1.29, 1.82) is 0 Å². The summed E-state index contributed by atoms with van der Waals surface area (Å²) in [5, 5.41) is 11.3. The van der Waals surface area contributed by atoms with E-state index in [0.29, 0.717) is 11.7 Å². The summed E-state index contributed by atoms with van der Waals surface area (Å²) in [4.78, 5) is 9.37. The number of hydrogen-bond donors (Lipinski definition) is 2. The van der Waals surface area contributed by atoms with E-state index in [2.05, 4.69) is 35.2 Å². The first-order chi connectivity index (χ1) is 11.0. The number of benzene rings is 1. The summed E-state index contributed by atoms with van der Waals surface area (Å²) in [5.74, 6) is 1.00. The zero-order valence-corrected chi connectivity index (χ0v) is 15.7. The van der Waals surface area contributed by atoms with Gasteiger partial charge >= 0.3 is 140 Å². The molecule has 3 aromatic rings. The van der Waals surface area contributed by atoms with E-state index >= 15 is 0 Å². The van der Waals surface area contributed by atoms with Crippen molar-refractivity contribution in [2.75, 3.05) is 12.3 Å². The second kappa shape index (κ2) is 6.50. The number of para-hydroxylation sites is 1. The SMILES string of the molecule is CC(C)Cn1c([As](C)CCO)nc2c(N)nc3ccccc3c21. The molecule has 0 aliphatic rings. The van der Waals surface area contributed by atoms with Crippen LogP contribution >= 0.6 is 0 Å². The van der Waals surface area contributed by atoms with Crippen molar-refractivity contribution in [2.24, 2.45) is 5.92 Å². The molecule has 5 nitrogen and oxygen atoms in total. The summed E-state index contributed by atoms with van der Waals surface area (Å²) in [6, 6.07) is 8.09. The molecule has 122 valence electrons. The molecule has 3 rings (SSSR count). The summed E-state index contributed by atoms with van der Waals surface area (Å²) in [5.41, 5.74) is 11.2. The molecule has 0 aliphatic carbocycles. The van der Waals surface area contributed by atoms with Gasteiger partial charge in [0.05, 0.1) is 0 Å². The van der Waals surface area contributed by atoms with E-state index < -0.39 is 14.7 Å². The Bertz CT molecular complexity index is 843. The number of aromatic nitrogens is 3. The van der Waals surface area contributed by atoms with Crippen LogP contribution in [0.5, 0.6) is 0 Å². The zero-order valence-electron chi connectivity index (χ0n) is 13.8. The number of imidazole rings is 1. The quantitative estimate of drug-likeness (QED) is 0.671. The van der Waals surface area contributed by atoms with Crippen molar-refractivity contribution in [2.45, 2.75) is 31.3 Å². The van der Waals surface area contributed by atoms with Crippen molar-refractivity contribution < 1.29 is 5.11 Å². The zero-order chi connectivity index (χ0) is 16.6. The van der Waals surface area contributed by atoms with E-state index in [1.807, 2.05) is 18.2 Å². The van der Waals surface area contributed by atoms with Gasteiger partial charge in [-0.2, -0.15) is 0 Å². The first kappa shape index (κ1) is 16.3. The molecule has 1 unspecified atom stereocenters. The predicted octanol–water partition coefficient (Wildman–Crippen LogP) is 2.15. The molecule has 1 aromatic carbocycles. The van der Waals surface area contributed by atoms with Crippen LogP contribution in [0.15, 0.2) is 24.3 Å². The summed E-state index contributed by atoms with van der Waals surface area (Å²) in [7, 11) is 0. The van der Waals surface area contributed by atoms with Gasteiger partial charge in [0, 0.05) is 0 Å². The van der Waals surface area contributed by atoms with Crippen LogP contribution in [0.25, 0.3) is 21.9 Å². The first-order valence-electron chi connectivity index (χ1n) is 7.89. The predicted molar refractivity (Wildman–Crippen MR) is 97.4 cm³/mol. The number of nitrogens with two attached hydrogens (primary N) is 1. The van der Waals surface area contributed by atoms with Gasteiger partial charge in [0.15, 0.2) is 0 Å². The fourth-order valence-corrected chi connectivity index (χ4v) is 5.79. The van der Waals surface area contributed by atoms with Crippen molar-refractivity contribution in [3.05, 3.63) is 24.3 Å². The number of aliphatic hydroxyl groups is 1. The van der Waals surface area contributed by atoms with Gasteiger partial charge < -0.3 is 0 Å². The minimum absolute atomic E-state index is 0.218. The van der Waals surface area contributed by atoms with Crippen LogP contribution in [0.2, 0.25) is 10.9 Å². The van der Waals surface area contributed by atoms with Gasteiger partial charge in [-0.25, -0.2) is 0 Å². The summed E-state index contributed by atoms with van der Waals surface area (Å²) in [6.45, 7) is 5.54. The molecule has 0 radical (unpaired) electrons. The Morgan fingerprint density at radius 1 is 1.26 bits per heavy atom. The molecule has 0 bridgehead atoms. The van der Waals surface area contributed by atoms with E-state index in [-0.39, 0.29) is 6.61 Å². The van der Waals surface area contributed by atoms with Gasteiger partial charge in [-0.05, 0) is 0 Å². The van der Waals surface area contributed by atoms with E-state index in [1.54, 1.807) is 0 Å². The molecular weight excluding hydrogens is 351 g/mol. The van der Waals surface area contributed by atoms with Gasteiger partial charge in [-0.1, -0.05) is 0 Å². The van der Waals surface area contributed by atoms with Crippen LogP contribution in [-0.2, 0) is 6.54 Å². The number of aliphatic hydroxyl groups excluding tert-OH is 1. The van der Waals surface area contributed by atoms with Crippen molar-refractivity contribution in [3.8, 4) is 0 Å². The topological polar surface area (TPSA) is 77.0 Å². The minimum atomic E-state index is -1.39. The molecule has 0 amide bonds. The van der Waals surface area contributed by atoms with E-state index in [1.165, 1.54) is 0 Å². The second-order valence-electron chi connectivity index (χ2n) is 6.27. The number of pyridine rings is 1. The van der Waals surface area contributed by atoms with Crippen LogP contribution in [0, 0.1) is 5.92 Å². The average Bonchev–Trinajstić information content (AvgIpc) is 2.87. The molecule has 1 atom stereocenters. The van der Waals surface area contributed by atoms with Crippen molar-refractivity contribution >= 4 is 47.0 Å². The van der Waals surface area contributed by atoms with Gasteiger partial charge in [-0.3, -0.25) is 0 Å². The Morgan fingerprint density at radius 2 is 2.00 bits per heavy atom. The number of nitrogens with zero attached hydrogens (tertiary/aromatic N) is 3. The third-order valence-electron chi connectivity index (χ3n) is 3.91. The molecule has 23 heavy (non-hydrogen) atoms. The maximum atomic E-state index is 9.33. The van der Waals surface area contributed by atoms with Gasteiger partial charge in [-0.15, -0.1) is 0 Å². The van der Waals surface area contributed by atoms with Crippen LogP contribution in [-0.4, -0.2) is 40.9 Å². The Kier molecular flexibility index (Phi) is 4.60.